The molecule has 0 bridgehead atoms. The Morgan fingerprint density at radius 3 is 1.96 bits per heavy atom. The molecule has 16 heteroatoms. The number of phenols is 2. The third-order valence-corrected chi connectivity index (χ3v) is 7.36. The number of aromatic hydroxyl groups is 2. The van der Waals surface area contributed by atoms with E-state index in [0.29, 0.717) is 11.4 Å². The zero-order chi connectivity index (χ0) is 33.7. The summed E-state index contributed by atoms with van der Waals surface area (Å²) in [4.78, 5) is 35.9. The highest BCUT2D eigenvalue weighted by Crippen LogP contribution is 2.28. The van der Waals surface area contributed by atoms with Crippen LogP contribution >= 0.6 is 0 Å². The fourth-order valence-corrected chi connectivity index (χ4v) is 4.58. The van der Waals surface area contributed by atoms with E-state index in [-0.39, 0.29) is 28.0 Å². The lowest BCUT2D eigenvalue weighted by Crippen LogP contribution is -2.47. The Balaban J connectivity index is 1.30. The van der Waals surface area contributed by atoms with Crippen LogP contribution in [0.5, 0.6) is 11.5 Å². The maximum absolute atomic E-state index is 12.9. The molecule has 5 aromatic carbocycles. The molecule has 0 unspecified atom stereocenters. The number of nitrogens with one attached hydrogen (secondary N) is 2. The summed E-state index contributed by atoms with van der Waals surface area (Å²) in [5.74, 6) is -2.07. The summed E-state index contributed by atoms with van der Waals surface area (Å²) in [6.07, 6.45) is 0. The summed E-state index contributed by atoms with van der Waals surface area (Å²) in [5.41, 5.74) is 5.86. The number of carboxylic acids is 1. The van der Waals surface area contributed by atoms with E-state index in [2.05, 4.69) is 31.3 Å². The van der Waals surface area contributed by atoms with Crippen LogP contribution in [0.2, 0.25) is 0 Å². The molecule has 0 atom stereocenters. The second-order valence-electron chi connectivity index (χ2n) is 9.69. The van der Waals surface area contributed by atoms with Crippen molar-refractivity contribution >= 4 is 38.8 Å². The smallest absolute Gasteiger partial charge is 0.339 e. The Morgan fingerprint density at radius 2 is 1.30 bits per heavy atom. The van der Waals surface area contributed by atoms with Gasteiger partial charge in [0.1, 0.15) is 22.4 Å². The van der Waals surface area contributed by atoms with Crippen LogP contribution < -0.4 is 32.4 Å². The number of hydrogen-bond donors (Lipinski definition) is 6. The molecule has 0 saturated heterocycles. The molecule has 5 rings (SSSR count). The monoisotopic (exact) mass is 654 g/mol. The molecule has 0 spiro atoms. The van der Waals surface area contributed by atoms with Gasteiger partial charge in [0.2, 0.25) is 10.9 Å². The molecule has 5 aromatic rings. The van der Waals surface area contributed by atoms with E-state index in [1.807, 2.05) is 0 Å². The van der Waals surface area contributed by atoms with Gasteiger partial charge in [0.25, 0.3) is 10.1 Å². The Morgan fingerprint density at radius 1 is 0.681 bits per heavy atom. The van der Waals surface area contributed by atoms with Crippen molar-refractivity contribution in [3.63, 3.8) is 0 Å². The van der Waals surface area contributed by atoms with Gasteiger partial charge in [-0.15, -0.1) is 0 Å². The lowest BCUT2D eigenvalue weighted by molar-refractivity contribution is 0.0693. The van der Waals surface area contributed by atoms with Gasteiger partial charge in [-0.3, -0.25) is 25.0 Å². The fraction of sp³-hybridized carbons (Fsp3) is 0. The zero-order valence-electron chi connectivity index (χ0n) is 23.8. The molecular weight excluding hydrogens is 632 g/mol. The molecule has 6 N–H and O–H groups in total. The van der Waals surface area contributed by atoms with Gasteiger partial charge in [0, 0.05) is 0 Å². The van der Waals surface area contributed by atoms with E-state index in [4.69, 9.17) is 5.11 Å². The van der Waals surface area contributed by atoms with Crippen molar-refractivity contribution in [3.8, 4) is 22.6 Å². The van der Waals surface area contributed by atoms with E-state index in [9.17, 15) is 37.6 Å². The SMILES string of the molecule is O=C(O)c1cc(N=Nc2ccc(-c3ccc(NN=c4c(=O)cc/c(=N/Nc5cc(S(=O)(=O)O)ccc5O)c4=O)cc3)cc2)ccc1O. The molecule has 0 fully saturated rings. The van der Waals surface area contributed by atoms with Crippen molar-refractivity contribution in [1.29, 1.82) is 0 Å². The number of benzene rings is 5. The summed E-state index contributed by atoms with van der Waals surface area (Å²) in [7, 11) is -4.56. The van der Waals surface area contributed by atoms with Crippen LogP contribution in [0.25, 0.3) is 11.1 Å². The van der Waals surface area contributed by atoms with E-state index >= 15 is 0 Å². The normalized spacial score (nSPS) is 12.4. The summed E-state index contributed by atoms with van der Waals surface area (Å²) in [6.45, 7) is 0. The first kappa shape index (κ1) is 31.9. The van der Waals surface area contributed by atoms with Crippen molar-refractivity contribution in [1.82, 2.24) is 0 Å². The van der Waals surface area contributed by atoms with Crippen LogP contribution in [0.3, 0.4) is 0 Å². The van der Waals surface area contributed by atoms with Gasteiger partial charge in [-0.2, -0.15) is 28.8 Å². The molecule has 15 nitrogen and oxygen atoms in total. The zero-order valence-corrected chi connectivity index (χ0v) is 24.6. The first-order chi connectivity index (χ1) is 22.4. The van der Waals surface area contributed by atoms with Crippen molar-refractivity contribution in [3.05, 3.63) is 134 Å². The minimum atomic E-state index is -4.56. The number of carboxylic acid groups (broad SMARTS) is 1. The minimum Gasteiger partial charge on any atom is -0.507 e. The number of anilines is 2. The Kier molecular flexibility index (Phi) is 8.97. The van der Waals surface area contributed by atoms with Crippen molar-refractivity contribution in [2.45, 2.75) is 4.90 Å². The number of azo groups is 1. The molecule has 0 amide bonds. The minimum absolute atomic E-state index is 0.216. The predicted molar refractivity (Wildman–Crippen MR) is 169 cm³/mol. The van der Waals surface area contributed by atoms with Gasteiger partial charge in [-0.25, -0.2) is 4.79 Å². The lowest BCUT2D eigenvalue weighted by Gasteiger charge is -2.05. The summed E-state index contributed by atoms with van der Waals surface area (Å²) >= 11 is 0. The standard InChI is InChI=1S/C31H22N6O9S/c38-26-12-9-21(15-23(26)31(42)43)34-32-19-5-1-17(2-6-19)18-3-7-20(8-4-18)33-37-29-28(40)14-11-24(30(29)41)35-36-25-16-22(47(44,45)46)10-13-27(25)39/h1-16,33,36,38-39H,(H,42,43)(H,44,45,46)/b34-32?,35-24-,37-29?. The summed E-state index contributed by atoms with van der Waals surface area (Å²) in [6, 6.07) is 22.9. The molecule has 0 radical (unpaired) electrons. The molecule has 47 heavy (non-hydrogen) atoms. The molecule has 0 heterocycles. The van der Waals surface area contributed by atoms with Crippen molar-refractivity contribution in [2.75, 3.05) is 10.9 Å². The number of nitrogens with zero attached hydrogens (tertiary/aromatic N) is 4. The highest BCUT2D eigenvalue weighted by Gasteiger charge is 2.13. The van der Waals surface area contributed by atoms with E-state index in [0.717, 1.165) is 41.5 Å². The predicted octanol–water partition coefficient (Wildman–Crippen LogP) is 3.58. The topological polar surface area (TPSA) is 240 Å². The van der Waals surface area contributed by atoms with Gasteiger partial charge in [0.15, 0.2) is 5.36 Å². The average molecular weight is 655 g/mol. The molecule has 0 aliphatic rings. The van der Waals surface area contributed by atoms with Crippen LogP contribution in [0.4, 0.5) is 22.7 Å². The van der Waals surface area contributed by atoms with Gasteiger partial charge >= 0.3 is 5.97 Å². The molecular formula is C31H22N6O9S. The second-order valence-corrected chi connectivity index (χ2v) is 11.1. The van der Waals surface area contributed by atoms with Crippen LogP contribution in [0.1, 0.15) is 10.4 Å². The van der Waals surface area contributed by atoms with Crippen molar-refractivity contribution in [2.24, 2.45) is 20.4 Å². The van der Waals surface area contributed by atoms with E-state index in [1.165, 1.54) is 18.2 Å². The van der Waals surface area contributed by atoms with Gasteiger partial charge in [-0.1, -0.05) is 24.3 Å². The highest BCUT2D eigenvalue weighted by atomic mass is 32.2. The maximum atomic E-state index is 12.9. The van der Waals surface area contributed by atoms with Crippen LogP contribution in [-0.2, 0) is 10.1 Å². The molecule has 0 aliphatic carbocycles. The second kappa shape index (κ2) is 13.2. The van der Waals surface area contributed by atoms with Crippen LogP contribution in [-0.4, -0.2) is 34.3 Å². The summed E-state index contributed by atoms with van der Waals surface area (Å²) < 4.78 is 32.0. The molecule has 236 valence electrons. The molecule has 0 saturated carbocycles. The summed E-state index contributed by atoms with van der Waals surface area (Å²) in [5, 5.41) is 43.9. The highest BCUT2D eigenvalue weighted by molar-refractivity contribution is 7.85. The average Bonchev–Trinajstić information content (AvgIpc) is 3.04. The number of hydrogen-bond acceptors (Lipinski definition) is 13. The quantitative estimate of drug-likeness (QED) is 0.0581. The largest absolute Gasteiger partial charge is 0.507 e. The van der Waals surface area contributed by atoms with Gasteiger partial charge < -0.3 is 15.3 Å². The Bertz CT molecular complexity index is 2370. The lowest BCUT2D eigenvalue weighted by atomic mass is 10.1. The van der Waals surface area contributed by atoms with E-state index < -0.39 is 42.9 Å². The van der Waals surface area contributed by atoms with E-state index in [1.54, 1.807) is 48.5 Å². The first-order valence-electron chi connectivity index (χ1n) is 13.3. The Hall–Kier alpha value is -6.52. The third kappa shape index (κ3) is 7.59. The van der Waals surface area contributed by atoms with Crippen LogP contribution in [0, 0.1) is 0 Å². The Labute approximate surface area is 264 Å². The maximum Gasteiger partial charge on any atom is 0.339 e. The van der Waals surface area contributed by atoms with Gasteiger partial charge in [-0.05, 0) is 83.9 Å². The third-order valence-electron chi connectivity index (χ3n) is 6.51. The molecule has 0 aromatic heterocycles. The van der Waals surface area contributed by atoms with Gasteiger partial charge in [0.05, 0.1) is 27.6 Å². The number of aromatic carboxylic acids is 1. The number of carbonyl (C=O) groups is 1. The molecule has 0 aliphatic heterocycles. The van der Waals surface area contributed by atoms with Crippen molar-refractivity contribution < 1.29 is 33.1 Å². The number of phenolic OH excluding ortho intramolecular Hbond substituents is 1. The first-order valence-corrected chi connectivity index (χ1v) is 14.8. The fourth-order valence-electron chi connectivity index (χ4n) is 4.07. The number of rotatable bonds is 9. The van der Waals surface area contributed by atoms with Crippen LogP contribution in [0.15, 0.2) is 132 Å².